The first-order chi connectivity index (χ1) is 11.8. The first-order valence-corrected chi connectivity index (χ1v) is 13.3. The van der Waals surface area contributed by atoms with E-state index >= 15 is 0 Å². The summed E-state index contributed by atoms with van der Waals surface area (Å²) < 4.78 is 6.84. The number of hydrogen-bond acceptors (Lipinski definition) is 2. The Kier molecular flexibility index (Phi) is 7.62. The molecule has 2 atom stereocenters. The molecule has 2 rings (SSSR count). The Bertz CT molecular complexity index is 381. The number of rotatable bonds is 10. The Morgan fingerprint density at radius 1 is 0.960 bits per heavy atom. The van der Waals surface area contributed by atoms with Crippen LogP contribution in [0.25, 0.3) is 0 Å². The molecule has 0 aromatic rings. The van der Waals surface area contributed by atoms with Gasteiger partial charge in [0, 0.05) is 12.1 Å². The molecule has 2 nitrogen and oxygen atoms in total. The minimum Gasteiger partial charge on any atom is -0.416 e. The SMILES string of the molecule is CCCC1(N2CCCCC2)CC1CCO[Si](C(C)C)(C(C)C)C(C)C. The maximum atomic E-state index is 6.84. The molecule has 0 N–H and O–H groups in total. The van der Waals surface area contributed by atoms with Gasteiger partial charge in [-0.2, -0.15) is 0 Å². The lowest BCUT2D eigenvalue weighted by Gasteiger charge is -2.42. The molecule has 0 spiro atoms. The lowest BCUT2D eigenvalue weighted by atomic mass is 10.00. The summed E-state index contributed by atoms with van der Waals surface area (Å²) in [5, 5.41) is 0. The van der Waals surface area contributed by atoms with Crippen LogP contribution in [0.15, 0.2) is 0 Å². The standard InChI is InChI=1S/C22H45NOSi/c1-8-13-22(23-14-10-9-11-15-23)17-21(22)12-16-24-25(18(2)3,19(4)5)20(6)7/h18-21H,8-17H2,1-7H3. The second-order valence-corrected chi connectivity index (χ2v) is 15.2. The summed E-state index contributed by atoms with van der Waals surface area (Å²) in [5.74, 6) is 0.892. The Labute approximate surface area is 159 Å². The smallest absolute Gasteiger partial charge is 0.200 e. The molecule has 0 aromatic carbocycles. The Morgan fingerprint density at radius 2 is 1.52 bits per heavy atom. The number of hydrogen-bond donors (Lipinski definition) is 0. The summed E-state index contributed by atoms with van der Waals surface area (Å²) in [6.07, 6.45) is 9.73. The molecular weight excluding hydrogens is 322 g/mol. The van der Waals surface area contributed by atoms with Gasteiger partial charge in [0.25, 0.3) is 0 Å². The van der Waals surface area contributed by atoms with E-state index < -0.39 is 8.32 Å². The van der Waals surface area contributed by atoms with Crippen molar-refractivity contribution >= 4 is 8.32 Å². The normalized spacial score (nSPS) is 28.3. The number of nitrogens with zero attached hydrogens (tertiary/aromatic N) is 1. The van der Waals surface area contributed by atoms with Gasteiger partial charge in [-0.15, -0.1) is 0 Å². The van der Waals surface area contributed by atoms with Crippen LogP contribution in [0.4, 0.5) is 0 Å². The van der Waals surface area contributed by atoms with Crippen molar-refractivity contribution < 1.29 is 4.43 Å². The highest BCUT2D eigenvalue weighted by molar-refractivity contribution is 6.77. The second kappa shape index (κ2) is 8.88. The topological polar surface area (TPSA) is 12.5 Å². The van der Waals surface area contributed by atoms with Crippen molar-refractivity contribution in [3.05, 3.63) is 0 Å². The molecule has 1 saturated carbocycles. The average molecular weight is 368 g/mol. The highest BCUT2D eigenvalue weighted by atomic mass is 28.4. The number of piperidine rings is 1. The van der Waals surface area contributed by atoms with Gasteiger partial charge in [-0.05, 0) is 67.7 Å². The third-order valence-electron chi connectivity index (χ3n) is 7.39. The van der Waals surface area contributed by atoms with E-state index in [9.17, 15) is 0 Å². The molecule has 1 aliphatic heterocycles. The summed E-state index contributed by atoms with van der Waals surface area (Å²) in [6, 6.07) is 0. The van der Waals surface area contributed by atoms with Crippen molar-refractivity contribution in [1.82, 2.24) is 4.90 Å². The Hall–Kier alpha value is 0.137. The largest absolute Gasteiger partial charge is 0.416 e. The Morgan fingerprint density at radius 3 is 2.00 bits per heavy atom. The number of likely N-dealkylation sites (tertiary alicyclic amines) is 1. The highest BCUT2D eigenvalue weighted by Crippen LogP contribution is 2.54. The van der Waals surface area contributed by atoms with E-state index in [-0.39, 0.29) is 0 Å². The van der Waals surface area contributed by atoms with Gasteiger partial charge < -0.3 is 4.43 Å². The third-order valence-corrected chi connectivity index (χ3v) is 13.5. The molecule has 2 aliphatic rings. The third kappa shape index (κ3) is 4.35. The predicted molar refractivity (Wildman–Crippen MR) is 113 cm³/mol. The molecule has 0 aromatic heterocycles. The minimum atomic E-state index is -1.68. The van der Waals surface area contributed by atoms with Crippen LogP contribution < -0.4 is 0 Å². The zero-order valence-corrected chi connectivity index (χ0v) is 19.2. The zero-order chi connectivity index (χ0) is 18.7. The molecule has 148 valence electrons. The molecule has 25 heavy (non-hydrogen) atoms. The van der Waals surface area contributed by atoms with Gasteiger partial charge in [-0.1, -0.05) is 61.3 Å². The monoisotopic (exact) mass is 367 g/mol. The van der Waals surface area contributed by atoms with Crippen molar-refractivity contribution in [2.75, 3.05) is 19.7 Å². The highest BCUT2D eigenvalue weighted by Gasteiger charge is 2.56. The van der Waals surface area contributed by atoms with E-state index in [1.165, 1.54) is 58.0 Å². The quantitative estimate of drug-likeness (QED) is 0.403. The van der Waals surface area contributed by atoms with Crippen LogP contribution in [-0.4, -0.2) is 38.5 Å². The zero-order valence-electron chi connectivity index (χ0n) is 18.2. The van der Waals surface area contributed by atoms with Crippen LogP contribution in [0, 0.1) is 5.92 Å². The van der Waals surface area contributed by atoms with Crippen LogP contribution in [0.2, 0.25) is 16.6 Å². The molecule has 1 heterocycles. The van der Waals surface area contributed by atoms with Gasteiger partial charge in [0.15, 0.2) is 8.32 Å². The van der Waals surface area contributed by atoms with E-state index in [1.54, 1.807) is 0 Å². The molecule has 0 radical (unpaired) electrons. The van der Waals surface area contributed by atoms with Crippen molar-refractivity contribution in [3.8, 4) is 0 Å². The lowest BCUT2D eigenvalue weighted by Crippen LogP contribution is -2.48. The predicted octanol–water partition coefficient (Wildman–Crippen LogP) is 6.61. The molecule has 1 aliphatic carbocycles. The molecular formula is C22H45NOSi. The minimum absolute atomic E-state index is 0.552. The fourth-order valence-corrected chi connectivity index (χ4v) is 11.7. The van der Waals surface area contributed by atoms with Gasteiger partial charge in [0.05, 0.1) is 0 Å². The van der Waals surface area contributed by atoms with Crippen molar-refractivity contribution in [3.63, 3.8) is 0 Å². The summed E-state index contributed by atoms with van der Waals surface area (Å²) in [6.45, 7) is 20.5. The summed E-state index contributed by atoms with van der Waals surface area (Å²) >= 11 is 0. The maximum Gasteiger partial charge on any atom is 0.200 e. The van der Waals surface area contributed by atoms with Crippen molar-refractivity contribution in [1.29, 1.82) is 0 Å². The van der Waals surface area contributed by atoms with Crippen LogP contribution in [-0.2, 0) is 4.43 Å². The van der Waals surface area contributed by atoms with Crippen molar-refractivity contribution in [2.24, 2.45) is 5.92 Å². The van der Waals surface area contributed by atoms with Crippen molar-refractivity contribution in [2.45, 2.75) is 116 Å². The van der Waals surface area contributed by atoms with E-state index in [2.05, 4.69) is 53.4 Å². The van der Waals surface area contributed by atoms with E-state index in [4.69, 9.17) is 4.43 Å². The Balaban J connectivity index is 1.94. The molecule has 1 saturated heterocycles. The molecule has 2 fully saturated rings. The lowest BCUT2D eigenvalue weighted by molar-refractivity contribution is 0.118. The van der Waals surface area contributed by atoms with Gasteiger partial charge in [0.2, 0.25) is 0 Å². The van der Waals surface area contributed by atoms with E-state index in [0.29, 0.717) is 22.2 Å². The van der Waals surface area contributed by atoms with Gasteiger partial charge in [-0.25, -0.2) is 0 Å². The van der Waals surface area contributed by atoms with Crippen LogP contribution in [0.5, 0.6) is 0 Å². The van der Waals surface area contributed by atoms with Crippen LogP contribution in [0.3, 0.4) is 0 Å². The second-order valence-electron chi connectivity index (χ2n) is 9.76. The molecule has 3 heteroatoms. The maximum absolute atomic E-state index is 6.84. The first-order valence-electron chi connectivity index (χ1n) is 11.2. The van der Waals surface area contributed by atoms with E-state index in [0.717, 1.165) is 12.5 Å². The molecule has 2 unspecified atom stereocenters. The average Bonchev–Trinajstić information content (AvgIpc) is 3.26. The fraction of sp³-hybridized carbons (Fsp3) is 1.00. The van der Waals surface area contributed by atoms with Gasteiger partial charge in [-0.3, -0.25) is 4.90 Å². The van der Waals surface area contributed by atoms with Gasteiger partial charge >= 0.3 is 0 Å². The summed E-state index contributed by atoms with van der Waals surface area (Å²) in [4.78, 5) is 2.86. The van der Waals surface area contributed by atoms with Crippen LogP contribution in [0.1, 0.15) is 93.4 Å². The molecule has 0 amide bonds. The first kappa shape index (κ1) is 21.4. The fourth-order valence-electron chi connectivity index (χ4n) is 6.24. The van der Waals surface area contributed by atoms with E-state index in [1.807, 2.05) is 0 Å². The summed E-state index contributed by atoms with van der Waals surface area (Å²) in [5.41, 5.74) is 2.66. The van der Waals surface area contributed by atoms with Gasteiger partial charge in [0.1, 0.15) is 0 Å². The molecule has 0 bridgehead atoms. The van der Waals surface area contributed by atoms with Crippen LogP contribution >= 0.6 is 0 Å². The summed E-state index contributed by atoms with van der Waals surface area (Å²) in [7, 11) is -1.68.